The van der Waals surface area contributed by atoms with Crippen LogP contribution in [-0.4, -0.2) is 23.5 Å². The zero-order valence-electron chi connectivity index (χ0n) is 9.80. The summed E-state index contributed by atoms with van der Waals surface area (Å²) in [5.41, 5.74) is 6.44. The van der Waals surface area contributed by atoms with Crippen molar-refractivity contribution in [2.75, 3.05) is 17.2 Å². The Morgan fingerprint density at radius 1 is 1.56 bits per heavy atom. The van der Waals surface area contributed by atoms with E-state index in [0.29, 0.717) is 24.3 Å². The fourth-order valence-corrected chi connectivity index (χ4v) is 2.14. The number of para-hydroxylation sites is 1. The van der Waals surface area contributed by atoms with E-state index < -0.39 is 5.97 Å². The molecule has 1 unspecified atom stereocenters. The van der Waals surface area contributed by atoms with Gasteiger partial charge in [0.25, 0.3) is 0 Å². The third kappa shape index (κ3) is 1.95. The van der Waals surface area contributed by atoms with Crippen LogP contribution in [0.3, 0.4) is 0 Å². The molecule has 1 fully saturated rings. The van der Waals surface area contributed by atoms with Crippen molar-refractivity contribution in [1.82, 2.24) is 0 Å². The number of carboxylic acids is 1. The zero-order valence-corrected chi connectivity index (χ0v) is 9.80. The van der Waals surface area contributed by atoms with E-state index in [0.717, 1.165) is 0 Å². The van der Waals surface area contributed by atoms with Crippen LogP contribution in [0.1, 0.15) is 16.8 Å². The standard InChI is InChI=1S/C13H14N2O3/c1-2-8-6-11(16)15(7-8)12-9(13(17)18)4-3-5-10(12)14/h2-5,8H,1,6-7,14H2,(H,17,18). The first kappa shape index (κ1) is 12.2. The first-order valence-corrected chi connectivity index (χ1v) is 5.59. The molecular weight excluding hydrogens is 232 g/mol. The predicted octanol–water partition coefficient (Wildman–Crippen LogP) is 1.51. The number of rotatable bonds is 3. The molecule has 1 heterocycles. The summed E-state index contributed by atoms with van der Waals surface area (Å²) < 4.78 is 0. The molecule has 0 saturated carbocycles. The second kappa shape index (κ2) is 4.52. The number of carbonyl (C=O) groups is 2. The molecule has 1 aromatic rings. The number of anilines is 2. The maximum absolute atomic E-state index is 11.9. The van der Waals surface area contributed by atoms with E-state index in [9.17, 15) is 9.59 Å². The number of aromatic carboxylic acids is 1. The van der Waals surface area contributed by atoms with Gasteiger partial charge in [-0.05, 0) is 12.1 Å². The molecule has 1 saturated heterocycles. The zero-order chi connectivity index (χ0) is 13.3. The highest BCUT2D eigenvalue weighted by Gasteiger charge is 2.32. The predicted molar refractivity (Wildman–Crippen MR) is 68.5 cm³/mol. The maximum atomic E-state index is 11.9. The molecular formula is C13H14N2O3. The normalized spacial score (nSPS) is 19.0. The largest absolute Gasteiger partial charge is 0.478 e. The van der Waals surface area contributed by atoms with Gasteiger partial charge >= 0.3 is 5.97 Å². The summed E-state index contributed by atoms with van der Waals surface area (Å²) in [6.07, 6.45) is 2.05. The van der Waals surface area contributed by atoms with Gasteiger partial charge in [0.1, 0.15) is 0 Å². The third-order valence-corrected chi connectivity index (χ3v) is 3.06. The van der Waals surface area contributed by atoms with Crippen LogP contribution in [0.2, 0.25) is 0 Å². The molecule has 1 aromatic carbocycles. The number of carbonyl (C=O) groups excluding carboxylic acids is 1. The van der Waals surface area contributed by atoms with Crippen LogP contribution in [0.4, 0.5) is 11.4 Å². The van der Waals surface area contributed by atoms with Gasteiger partial charge in [-0.2, -0.15) is 0 Å². The summed E-state index contributed by atoms with van der Waals surface area (Å²) in [5.74, 6) is -1.17. The molecule has 2 rings (SSSR count). The Morgan fingerprint density at radius 3 is 2.83 bits per heavy atom. The number of carboxylic acid groups (broad SMARTS) is 1. The average Bonchev–Trinajstić information content (AvgIpc) is 2.70. The van der Waals surface area contributed by atoms with Gasteiger partial charge in [0.15, 0.2) is 0 Å². The number of amides is 1. The Labute approximate surface area is 105 Å². The van der Waals surface area contributed by atoms with Gasteiger partial charge in [-0.1, -0.05) is 12.1 Å². The Morgan fingerprint density at radius 2 is 2.28 bits per heavy atom. The summed E-state index contributed by atoms with van der Waals surface area (Å²) in [5, 5.41) is 9.15. The van der Waals surface area contributed by atoms with Gasteiger partial charge < -0.3 is 15.7 Å². The SMILES string of the molecule is C=CC1CC(=O)N(c2c(N)cccc2C(=O)O)C1. The molecule has 0 spiro atoms. The smallest absolute Gasteiger partial charge is 0.337 e. The Hall–Kier alpha value is -2.30. The van der Waals surface area contributed by atoms with E-state index in [4.69, 9.17) is 10.8 Å². The van der Waals surface area contributed by atoms with E-state index in [1.165, 1.54) is 11.0 Å². The third-order valence-electron chi connectivity index (χ3n) is 3.06. The highest BCUT2D eigenvalue weighted by atomic mass is 16.4. The monoisotopic (exact) mass is 246 g/mol. The van der Waals surface area contributed by atoms with Crippen molar-refractivity contribution >= 4 is 23.3 Å². The Kier molecular flexibility index (Phi) is 3.06. The second-order valence-electron chi connectivity index (χ2n) is 4.25. The molecule has 1 aliphatic rings. The summed E-state index contributed by atoms with van der Waals surface area (Å²) in [7, 11) is 0. The van der Waals surface area contributed by atoms with Crippen molar-refractivity contribution in [3.63, 3.8) is 0 Å². The molecule has 3 N–H and O–H groups in total. The van der Waals surface area contributed by atoms with Gasteiger partial charge in [-0.25, -0.2) is 4.79 Å². The van der Waals surface area contributed by atoms with Crippen LogP contribution in [0.25, 0.3) is 0 Å². The fraction of sp³-hybridized carbons (Fsp3) is 0.231. The minimum atomic E-state index is -1.09. The second-order valence-corrected chi connectivity index (χ2v) is 4.25. The lowest BCUT2D eigenvalue weighted by Gasteiger charge is -2.20. The van der Waals surface area contributed by atoms with Crippen molar-refractivity contribution in [3.05, 3.63) is 36.4 Å². The highest BCUT2D eigenvalue weighted by molar-refractivity contribution is 6.06. The molecule has 18 heavy (non-hydrogen) atoms. The van der Waals surface area contributed by atoms with Gasteiger partial charge in [-0.3, -0.25) is 4.79 Å². The average molecular weight is 246 g/mol. The van der Waals surface area contributed by atoms with Crippen molar-refractivity contribution in [3.8, 4) is 0 Å². The van der Waals surface area contributed by atoms with Crippen LogP contribution in [0, 0.1) is 5.92 Å². The van der Waals surface area contributed by atoms with Crippen LogP contribution in [0.5, 0.6) is 0 Å². The molecule has 94 valence electrons. The molecule has 0 aromatic heterocycles. The topological polar surface area (TPSA) is 83.6 Å². The van der Waals surface area contributed by atoms with Gasteiger partial charge in [-0.15, -0.1) is 6.58 Å². The fourth-order valence-electron chi connectivity index (χ4n) is 2.14. The summed E-state index contributed by atoms with van der Waals surface area (Å²) >= 11 is 0. The summed E-state index contributed by atoms with van der Waals surface area (Å²) in [6.45, 7) is 4.09. The highest BCUT2D eigenvalue weighted by Crippen LogP contribution is 2.33. The molecule has 5 heteroatoms. The van der Waals surface area contributed by atoms with Gasteiger partial charge in [0.2, 0.25) is 5.91 Å². The van der Waals surface area contributed by atoms with Crippen molar-refractivity contribution in [1.29, 1.82) is 0 Å². The van der Waals surface area contributed by atoms with Crippen LogP contribution < -0.4 is 10.6 Å². The van der Waals surface area contributed by atoms with Crippen LogP contribution in [0.15, 0.2) is 30.9 Å². The molecule has 0 radical (unpaired) electrons. The summed E-state index contributed by atoms with van der Waals surface area (Å²) in [6, 6.07) is 4.60. The van der Waals surface area contributed by atoms with E-state index in [2.05, 4.69) is 6.58 Å². The van der Waals surface area contributed by atoms with Crippen LogP contribution >= 0.6 is 0 Å². The maximum Gasteiger partial charge on any atom is 0.337 e. The number of hydrogen-bond acceptors (Lipinski definition) is 3. The minimum absolute atomic E-state index is 0.0405. The number of nitrogens with two attached hydrogens (primary N) is 1. The lowest BCUT2D eigenvalue weighted by Crippen LogP contribution is -2.27. The summed E-state index contributed by atoms with van der Waals surface area (Å²) in [4.78, 5) is 24.5. The number of benzene rings is 1. The first-order valence-electron chi connectivity index (χ1n) is 5.59. The number of nitrogens with zero attached hydrogens (tertiary/aromatic N) is 1. The van der Waals surface area contributed by atoms with E-state index in [1.807, 2.05) is 0 Å². The van der Waals surface area contributed by atoms with Crippen molar-refractivity contribution < 1.29 is 14.7 Å². The molecule has 5 nitrogen and oxygen atoms in total. The van der Waals surface area contributed by atoms with Crippen LogP contribution in [-0.2, 0) is 4.79 Å². The number of nitrogen functional groups attached to an aromatic ring is 1. The minimum Gasteiger partial charge on any atom is -0.478 e. The Balaban J connectivity index is 2.48. The quantitative estimate of drug-likeness (QED) is 0.625. The van der Waals surface area contributed by atoms with Crippen molar-refractivity contribution in [2.24, 2.45) is 5.92 Å². The van der Waals surface area contributed by atoms with Gasteiger partial charge in [0.05, 0.1) is 16.9 Å². The van der Waals surface area contributed by atoms with E-state index >= 15 is 0 Å². The molecule has 1 aliphatic heterocycles. The molecule has 0 aliphatic carbocycles. The Bertz CT molecular complexity index is 525. The lowest BCUT2D eigenvalue weighted by molar-refractivity contribution is -0.117. The van der Waals surface area contributed by atoms with Crippen molar-refractivity contribution in [2.45, 2.75) is 6.42 Å². The molecule has 0 bridgehead atoms. The van der Waals surface area contributed by atoms with E-state index in [1.54, 1.807) is 18.2 Å². The van der Waals surface area contributed by atoms with E-state index in [-0.39, 0.29) is 17.4 Å². The number of hydrogen-bond donors (Lipinski definition) is 2. The molecule has 1 amide bonds. The lowest BCUT2D eigenvalue weighted by atomic mass is 10.1. The first-order chi connectivity index (χ1) is 8.54. The van der Waals surface area contributed by atoms with Gasteiger partial charge in [0, 0.05) is 18.9 Å². The molecule has 1 atom stereocenters.